The number of aromatic nitrogens is 3. The zero-order valence-electron chi connectivity index (χ0n) is 22.1. The average Bonchev–Trinajstić information content (AvgIpc) is 3.11. The number of hydrogen-bond acceptors (Lipinski definition) is 5. The van der Waals surface area contributed by atoms with Crippen molar-refractivity contribution in [2.45, 2.75) is 84.9 Å². The van der Waals surface area contributed by atoms with Gasteiger partial charge in [0.15, 0.2) is 11.6 Å². The van der Waals surface area contributed by atoms with Crippen molar-refractivity contribution in [1.82, 2.24) is 20.1 Å². The second-order valence-corrected chi connectivity index (χ2v) is 11.9. The molecule has 0 fully saturated rings. The number of carbonyl (C=O) groups excluding carboxylic acids is 2. The van der Waals surface area contributed by atoms with Gasteiger partial charge in [0, 0.05) is 16.6 Å². The summed E-state index contributed by atoms with van der Waals surface area (Å²) in [5, 5.41) is 12.2. The van der Waals surface area contributed by atoms with Crippen LogP contribution in [0.3, 0.4) is 0 Å². The van der Waals surface area contributed by atoms with Gasteiger partial charge in [-0.3, -0.25) is 9.59 Å². The van der Waals surface area contributed by atoms with Crippen LogP contribution in [0.4, 0.5) is 0 Å². The Labute approximate surface area is 223 Å². The molecule has 196 valence electrons. The Kier molecular flexibility index (Phi) is 9.50. The lowest BCUT2D eigenvalue weighted by molar-refractivity contribution is -0.164. The third-order valence-electron chi connectivity index (χ3n) is 6.31. The van der Waals surface area contributed by atoms with Crippen LogP contribution in [0.5, 0.6) is 0 Å². The minimum atomic E-state index is -0.628. The number of nitrogens with one attached hydrogen (secondary N) is 1. The van der Waals surface area contributed by atoms with Crippen molar-refractivity contribution in [2.24, 2.45) is 17.8 Å². The maximum Gasteiger partial charge on any atom is 0.310 e. The normalized spacial score (nSPS) is 17.6. The highest BCUT2D eigenvalue weighted by atomic mass is 79.9. The first kappa shape index (κ1) is 28.1. The molecule has 2 heterocycles. The molecule has 3 atom stereocenters. The van der Waals surface area contributed by atoms with E-state index < -0.39 is 17.4 Å². The molecule has 1 aromatic heterocycles. The molecule has 1 aromatic carbocycles. The fourth-order valence-electron chi connectivity index (χ4n) is 4.71. The SMILES string of the molecule is C=CC[C@H](C(=O)OC(C)(C)C)[C@@H](CC(C)C)C(=O)N[C@H]1CCCCn2c(-c3ccc(Br)cc3)nnc21. The van der Waals surface area contributed by atoms with Crippen molar-refractivity contribution < 1.29 is 14.3 Å². The summed E-state index contributed by atoms with van der Waals surface area (Å²) < 4.78 is 8.82. The number of fused-ring (bicyclic) bond motifs is 1. The van der Waals surface area contributed by atoms with Crippen LogP contribution in [0.15, 0.2) is 41.4 Å². The van der Waals surface area contributed by atoms with Gasteiger partial charge >= 0.3 is 5.97 Å². The standard InChI is InChI=1S/C28H39BrN4O3/c1-7-10-21(27(35)36-28(4,5)6)22(17-18(2)3)26(34)30-23-11-8-9-16-33-24(31-32-25(23)33)19-12-14-20(29)15-13-19/h7,12-15,18,21-23H,1,8-11,16-17H2,2-6H3,(H,30,34)/t21-,22+,23-/m0/s1. The van der Waals surface area contributed by atoms with Gasteiger partial charge in [-0.1, -0.05) is 48.0 Å². The quantitative estimate of drug-likeness (QED) is 0.290. The molecule has 3 rings (SSSR count). The molecule has 0 spiro atoms. The number of amides is 1. The number of allylic oxidation sites excluding steroid dienone is 1. The van der Waals surface area contributed by atoms with E-state index in [1.807, 2.05) is 45.0 Å². The smallest absolute Gasteiger partial charge is 0.310 e. The van der Waals surface area contributed by atoms with Crippen molar-refractivity contribution in [1.29, 1.82) is 0 Å². The first-order valence-corrected chi connectivity index (χ1v) is 13.6. The first-order valence-electron chi connectivity index (χ1n) is 12.8. The number of halogens is 1. The van der Waals surface area contributed by atoms with Crippen LogP contribution in [0, 0.1) is 17.8 Å². The number of rotatable bonds is 9. The topological polar surface area (TPSA) is 86.1 Å². The summed E-state index contributed by atoms with van der Waals surface area (Å²) in [6.07, 6.45) is 5.37. The summed E-state index contributed by atoms with van der Waals surface area (Å²) in [6.45, 7) is 14.3. The highest BCUT2D eigenvalue weighted by Gasteiger charge is 2.37. The zero-order valence-corrected chi connectivity index (χ0v) is 23.7. The fraction of sp³-hybridized carbons (Fsp3) is 0.571. The molecule has 0 aliphatic carbocycles. The highest BCUT2D eigenvalue weighted by Crippen LogP contribution is 2.32. The van der Waals surface area contributed by atoms with Crippen molar-refractivity contribution in [2.75, 3.05) is 0 Å². The number of carbonyl (C=O) groups is 2. The average molecular weight is 560 g/mol. The van der Waals surface area contributed by atoms with E-state index in [-0.39, 0.29) is 23.8 Å². The van der Waals surface area contributed by atoms with E-state index in [0.717, 1.165) is 47.5 Å². The summed E-state index contributed by atoms with van der Waals surface area (Å²) in [6, 6.07) is 7.73. The number of ether oxygens (including phenoxy) is 1. The van der Waals surface area contributed by atoms with Gasteiger partial charge in [0.2, 0.25) is 5.91 Å². The summed E-state index contributed by atoms with van der Waals surface area (Å²) in [5.41, 5.74) is 0.355. The predicted molar refractivity (Wildman–Crippen MR) is 145 cm³/mol. The van der Waals surface area contributed by atoms with Crippen LogP contribution in [-0.4, -0.2) is 32.2 Å². The van der Waals surface area contributed by atoms with Crippen LogP contribution in [0.2, 0.25) is 0 Å². The Bertz CT molecular complexity index is 1060. The Morgan fingerprint density at radius 3 is 2.50 bits per heavy atom. The van der Waals surface area contributed by atoms with Crippen molar-refractivity contribution >= 4 is 27.8 Å². The van der Waals surface area contributed by atoms with Crippen LogP contribution < -0.4 is 5.32 Å². The first-order chi connectivity index (χ1) is 17.0. The fourth-order valence-corrected chi connectivity index (χ4v) is 4.98. The van der Waals surface area contributed by atoms with Crippen molar-refractivity contribution in [3.63, 3.8) is 0 Å². The Hall–Kier alpha value is -2.48. The molecule has 0 radical (unpaired) electrons. The van der Waals surface area contributed by atoms with Crippen LogP contribution in [0.25, 0.3) is 11.4 Å². The van der Waals surface area contributed by atoms with E-state index in [1.54, 1.807) is 6.08 Å². The van der Waals surface area contributed by atoms with E-state index in [9.17, 15) is 9.59 Å². The van der Waals surface area contributed by atoms with Crippen LogP contribution in [0.1, 0.15) is 78.6 Å². The largest absolute Gasteiger partial charge is 0.460 e. The van der Waals surface area contributed by atoms with E-state index in [2.05, 4.69) is 56.4 Å². The van der Waals surface area contributed by atoms with Crippen molar-refractivity contribution in [3.05, 3.63) is 47.2 Å². The molecular weight excluding hydrogens is 520 g/mol. The maximum atomic E-state index is 13.8. The third kappa shape index (κ3) is 7.28. The molecule has 7 nitrogen and oxygen atoms in total. The second-order valence-electron chi connectivity index (χ2n) is 11.0. The lowest BCUT2D eigenvalue weighted by Crippen LogP contribution is -2.42. The molecule has 0 bridgehead atoms. The van der Waals surface area contributed by atoms with E-state index in [0.29, 0.717) is 12.8 Å². The molecular formula is C28H39BrN4O3. The van der Waals surface area contributed by atoms with Gasteiger partial charge < -0.3 is 14.6 Å². The maximum absolute atomic E-state index is 13.8. The van der Waals surface area contributed by atoms with E-state index >= 15 is 0 Å². The lowest BCUT2D eigenvalue weighted by atomic mass is 9.82. The van der Waals surface area contributed by atoms with Gasteiger partial charge in [0.1, 0.15) is 5.60 Å². The number of benzene rings is 1. The molecule has 1 aliphatic rings. The molecule has 0 saturated heterocycles. The molecule has 1 amide bonds. The molecule has 1 N–H and O–H groups in total. The number of nitrogens with zero attached hydrogens (tertiary/aromatic N) is 3. The minimum absolute atomic E-state index is 0.145. The molecule has 0 saturated carbocycles. The second kappa shape index (κ2) is 12.2. The molecule has 8 heteroatoms. The summed E-state index contributed by atoms with van der Waals surface area (Å²) >= 11 is 3.48. The Morgan fingerprint density at radius 1 is 1.19 bits per heavy atom. The lowest BCUT2D eigenvalue weighted by Gasteiger charge is -2.30. The molecule has 1 aliphatic heterocycles. The third-order valence-corrected chi connectivity index (χ3v) is 6.84. The molecule has 2 aromatic rings. The van der Waals surface area contributed by atoms with Crippen LogP contribution in [-0.2, 0) is 20.9 Å². The summed E-state index contributed by atoms with van der Waals surface area (Å²) in [5.74, 6) is 0.180. The predicted octanol–water partition coefficient (Wildman–Crippen LogP) is 6.25. The Morgan fingerprint density at radius 2 is 1.89 bits per heavy atom. The summed E-state index contributed by atoms with van der Waals surface area (Å²) in [4.78, 5) is 26.9. The highest BCUT2D eigenvalue weighted by molar-refractivity contribution is 9.10. The van der Waals surface area contributed by atoms with Gasteiger partial charge in [-0.2, -0.15) is 0 Å². The monoisotopic (exact) mass is 558 g/mol. The van der Waals surface area contributed by atoms with Crippen LogP contribution >= 0.6 is 15.9 Å². The van der Waals surface area contributed by atoms with Gasteiger partial charge in [-0.25, -0.2) is 0 Å². The van der Waals surface area contributed by atoms with Gasteiger partial charge in [-0.05, 0) is 70.9 Å². The van der Waals surface area contributed by atoms with Gasteiger partial charge in [0.05, 0.1) is 17.9 Å². The number of hydrogen-bond donors (Lipinski definition) is 1. The van der Waals surface area contributed by atoms with E-state index in [4.69, 9.17) is 4.74 Å². The van der Waals surface area contributed by atoms with Gasteiger partial charge in [-0.15, -0.1) is 16.8 Å². The van der Waals surface area contributed by atoms with Crippen molar-refractivity contribution in [3.8, 4) is 11.4 Å². The Balaban J connectivity index is 1.88. The molecule has 0 unspecified atom stereocenters. The summed E-state index contributed by atoms with van der Waals surface area (Å²) in [7, 11) is 0. The van der Waals surface area contributed by atoms with E-state index in [1.165, 1.54) is 0 Å². The van der Waals surface area contributed by atoms with Gasteiger partial charge in [0.25, 0.3) is 0 Å². The minimum Gasteiger partial charge on any atom is -0.460 e. The molecule has 36 heavy (non-hydrogen) atoms. The zero-order chi connectivity index (χ0) is 26.5. The number of esters is 1.